The van der Waals surface area contributed by atoms with Crippen LogP contribution in [0.4, 0.5) is 5.69 Å². The molecule has 6 heteroatoms. The summed E-state index contributed by atoms with van der Waals surface area (Å²) in [7, 11) is 0. The van der Waals surface area contributed by atoms with E-state index >= 15 is 0 Å². The fourth-order valence-corrected chi connectivity index (χ4v) is 3.20. The summed E-state index contributed by atoms with van der Waals surface area (Å²) >= 11 is 1.41. The summed E-state index contributed by atoms with van der Waals surface area (Å²) < 4.78 is 1.52. The number of carbonyl (C=O) groups is 1. The summed E-state index contributed by atoms with van der Waals surface area (Å²) in [6.45, 7) is 3.58. The molecule has 0 saturated carbocycles. The molecule has 0 unspecified atom stereocenters. The van der Waals surface area contributed by atoms with Crippen LogP contribution in [0.5, 0.6) is 0 Å². The second-order valence-corrected chi connectivity index (χ2v) is 5.92. The van der Waals surface area contributed by atoms with E-state index < -0.39 is 0 Å². The van der Waals surface area contributed by atoms with Gasteiger partial charge in [-0.2, -0.15) is 0 Å². The maximum Gasteiger partial charge on any atom is 0.282 e. The van der Waals surface area contributed by atoms with Gasteiger partial charge in [0.05, 0.1) is 12.1 Å². The van der Waals surface area contributed by atoms with Crippen molar-refractivity contribution in [2.45, 2.75) is 20.3 Å². The first-order chi connectivity index (χ1) is 10.6. The second-order valence-electron chi connectivity index (χ2n) is 5.08. The smallest absolute Gasteiger partial charge is 0.282 e. The first-order valence-corrected chi connectivity index (χ1v) is 7.75. The summed E-state index contributed by atoms with van der Waals surface area (Å²) in [6.07, 6.45) is 0.227. The van der Waals surface area contributed by atoms with Gasteiger partial charge in [0.1, 0.15) is 5.69 Å². The molecule has 0 fully saturated rings. The molecular formula is C16H15N3O2S. The number of nitrogens with zero attached hydrogens (tertiary/aromatic N) is 2. The molecule has 5 nitrogen and oxygen atoms in total. The van der Waals surface area contributed by atoms with Gasteiger partial charge in [-0.1, -0.05) is 30.3 Å². The molecule has 112 valence electrons. The maximum absolute atomic E-state index is 12.5. The Balaban J connectivity index is 1.92. The zero-order valence-electron chi connectivity index (χ0n) is 12.3. The molecule has 0 spiro atoms. The predicted octanol–water partition coefficient (Wildman–Crippen LogP) is 2.55. The van der Waals surface area contributed by atoms with Crippen molar-refractivity contribution in [2.75, 3.05) is 5.32 Å². The monoisotopic (exact) mass is 313 g/mol. The molecular weight excluding hydrogens is 298 g/mol. The number of hydrogen-bond acceptors (Lipinski definition) is 4. The number of benzene rings is 1. The second kappa shape index (κ2) is 5.73. The van der Waals surface area contributed by atoms with Crippen LogP contribution in [-0.2, 0) is 11.2 Å². The van der Waals surface area contributed by atoms with E-state index in [2.05, 4.69) is 10.3 Å². The van der Waals surface area contributed by atoms with E-state index in [9.17, 15) is 9.59 Å². The van der Waals surface area contributed by atoms with Crippen LogP contribution < -0.4 is 10.9 Å². The molecule has 3 rings (SSSR count). The van der Waals surface area contributed by atoms with Crippen molar-refractivity contribution in [3.63, 3.8) is 0 Å². The van der Waals surface area contributed by atoms with Gasteiger partial charge >= 0.3 is 0 Å². The Hall–Kier alpha value is -2.47. The molecule has 3 aromatic rings. The van der Waals surface area contributed by atoms with E-state index in [0.717, 1.165) is 11.3 Å². The van der Waals surface area contributed by atoms with Crippen molar-refractivity contribution in [1.29, 1.82) is 0 Å². The number of aryl methyl sites for hydroxylation is 2. The predicted molar refractivity (Wildman–Crippen MR) is 87.6 cm³/mol. The van der Waals surface area contributed by atoms with Crippen molar-refractivity contribution in [3.05, 3.63) is 63.0 Å². The zero-order chi connectivity index (χ0) is 15.7. The molecule has 0 aliphatic carbocycles. The lowest BCUT2D eigenvalue weighted by Crippen LogP contribution is -2.25. The molecule has 2 aromatic heterocycles. The highest BCUT2D eigenvalue weighted by Gasteiger charge is 2.15. The van der Waals surface area contributed by atoms with Crippen LogP contribution in [0.15, 0.2) is 40.5 Å². The van der Waals surface area contributed by atoms with Crippen molar-refractivity contribution in [3.8, 4) is 0 Å². The fraction of sp³-hybridized carbons (Fsp3) is 0.188. The van der Waals surface area contributed by atoms with Crippen LogP contribution in [0.2, 0.25) is 0 Å². The Morgan fingerprint density at radius 2 is 2.00 bits per heavy atom. The summed E-state index contributed by atoms with van der Waals surface area (Å²) in [4.78, 5) is 29.7. The third-order valence-electron chi connectivity index (χ3n) is 3.39. The Bertz CT molecular complexity index is 897. The Labute approximate surface area is 131 Å². The largest absolute Gasteiger partial charge is 0.320 e. The van der Waals surface area contributed by atoms with Crippen LogP contribution in [0.3, 0.4) is 0 Å². The van der Waals surface area contributed by atoms with E-state index in [0.29, 0.717) is 10.7 Å². The van der Waals surface area contributed by atoms with Gasteiger partial charge in [0.15, 0.2) is 4.96 Å². The topological polar surface area (TPSA) is 63.5 Å². The number of carbonyl (C=O) groups excluding carboxylic acids is 1. The standard InChI is InChI=1S/C16H15N3O2S/c1-10-9-22-16-17-11(2)14(15(21)19(10)16)18-13(20)8-12-6-4-3-5-7-12/h3-7,9H,8H2,1-2H3,(H,18,20). The average Bonchev–Trinajstić information content (AvgIpc) is 2.85. The minimum Gasteiger partial charge on any atom is -0.320 e. The lowest BCUT2D eigenvalue weighted by atomic mass is 10.1. The summed E-state index contributed by atoms with van der Waals surface area (Å²) in [6, 6.07) is 9.42. The highest BCUT2D eigenvalue weighted by atomic mass is 32.1. The van der Waals surface area contributed by atoms with Crippen molar-refractivity contribution in [1.82, 2.24) is 9.38 Å². The van der Waals surface area contributed by atoms with Crippen LogP contribution in [-0.4, -0.2) is 15.3 Å². The number of nitrogens with one attached hydrogen (secondary N) is 1. The molecule has 0 radical (unpaired) electrons. The summed E-state index contributed by atoms with van der Waals surface area (Å²) in [5.41, 5.74) is 2.27. The number of anilines is 1. The molecule has 0 aliphatic rings. The first-order valence-electron chi connectivity index (χ1n) is 6.87. The maximum atomic E-state index is 12.5. The fourth-order valence-electron chi connectivity index (χ4n) is 2.29. The van der Waals surface area contributed by atoms with E-state index in [1.165, 1.54) is 15.7 Å². The van der Waals surface area contributed by atoms with Gasteiger partial charge in [0.2, 0.25) is 5.91 Å². The van der Waals surface area contributed by atoms with Gasteiger partial charge in [-0.3, -0.25) is 14.0 Å². The number of fused-ring (bicyclic) bond motifs is 1. The van der Waals surface area contributed by atoms with E-state index in [-0.39, 0.29) is 23.6 Å². The van der Waals surface area contributed by atoms with E-state index in [4.69, 9.17) is 0 Å². The Kier molecular flexibility index (Phi) is 3.77. The lowest BCUT2D eigenvalue weighted by Gasteiger charge is -2.08. The van der Waals surface area contributed by atoms with Gasteiger partial charge in [0, 0.05) is 11.1 Å². The summed E-state index contributed by atoms with van der Waals surface area (Å²) in [5, 5.41) is 4.58. The zero-order valence-corrected chi connectivity index (χ0v) is 13.1. The first kappa shape index (κ1) is 14.5. The van der Waals surface area contributed by atoms with Crippen LogP contribution in [0.1, 0.15) is 17.0 Å². The molecule has 2 heterocycles. The van der Waals surface area contributed by atoms with Gasteiger partial charge in [-0.15, -0.1) is 11.3 Å². The van der Waals surface area contributed by atoms with Gasteiger partial charge in [0.25, 0.3) is 5.56 Å². The Morgan fingerprint density at radius 1 is 1.27 bits per heavy atom. The highest BCUT2D eigenvalue weighted by molar-refractivity contribution is 7.15. The van der Waals surface area contributed by atoms with Crippen molar-refractivity contribution >= 4 is 27.9 Å². The molecule has 1 N–H and O–H groups in total. The highest BCUT2D eigenvalue weighted by Crippen LogP contribution is 2.16. The van der Waals surface area contributed by atoms with Gasteiger partial charge in [-0.05, 0) is 19.4 Å². The molecule has 0 aliphatic heterocycles. The lowest BCUT2D eigenvalue weighted by molar-refractivity contribution is -0.115. The van der Waals surface area contributed by atoms with E-state index in [1.54, 1.807) is 6.92 Å². The summed E-state index contributed by atoms with van der Waals surface area (Å²) in [5.74, 6) is -0.221. The molecule has 0 atom stereocenters. The minimum absolute atomic E-state index is 0.221. The number of thiazole rings is 1. The number of rotatable bonds is 3. The minimum atomic E-state index is -0.234. The SMILES string of the molecule is Cc1nc2scc(C)n2c(=O)c1NC(=O)Cc1ccccc1. The molecule has 22 heavy (non-hydrogen) atoms. The number of amides is 1. The molecule has 0 saturated heterocycles. The number of hydrogen-bond donors (Lipinski definition) is 1. The van der Waals surface area contributed by atoms with Crippen LogP contribution in [0, 0.1) is 13.8 Å². The Morgan fingerprint density at radius 3 is 2.73 bits per heavy atom. The van der Waals surface area contributed by atoms with Crippen LogP contribution >= 0.6 is 11.3 Å². The third-order valence-corrected chi connectivity index (χ3v) is 4.34. The van der Waals surface area contributed by atoms with E-state index in [1.807, 2.05) is 42.6 Å². The number of aromatic nitrogens is 2. The van der Waals surface area contributed by atoms with Gasteiger partial charge in [-0.25, -0.2) is 4.98 Å². The molecule has 0 bridgehead atoms. The quantitative estimate of drug-likeness (QED) is 0.808. The normalized spacial score (nSPS) is 10.8. The van der Waals surface area contributed by atoms with Crippen LogP contribution in [0.25, 0.3) is 4.96 Å². The van der Waals surface area contributed by atoms with Gasteiger partial charge < -0.3 is 5.32 Å². The van der Waals surface area contributed by atoms with Crippen molar-refractivity contribution < 1.29 is 4.79 Å². The average molecular weight is 313 g/mol. The van der Waals surface area contributed by atoms with Crippen molar-refractivity contribution in [2.24, 2.45) is 0 Å². The molecule has 1 amide bonds. The third kappa shape index (κ3) is 2.65. The molecule has 1 aromatic carbocycles.